The molecule has 1 aromatic rings. The Bertz CT molecular complexity index is 472. The van der Waals surface area contributed by atoms with Crippen molar-refractivity contribution < 1.29 is 9.84 Å². The molecule has 4 nitrogen and oxygen atoms in total. The average Bonchev–Trinajstić information content (AvgIpc) is 2.58. The molecular weight excluding hydrogens is 288 g/mol. The summed E-state index contributed by atoms with van der Waals surface area (Å²) < 4.78 is 6.06. The average molecular weight is 318 g/mol. The predicted octanol–water partition coefficient (Wildman–Crippen LogP) is 2.37. The van der Waals surface area contributed by atoms with Gasteiger partial charge < -0.3 is 9.84 Å². The molecule has 4 heteroatoms. The predicted molar refractivity (Wildman–Crippen MR) is 92.8 cm³/mol. The molecule has 1 aromatic carbocycles. The number of nitrogens with zero attached hydrogens (tertiary/aromatic N) is 2. The Morgan fingerprint density at radius 1 is 1.04 bits per heavy atom. The van der Waals surface area contributed by atoms with E-state index in [9.17, 15) is 5.11 Å². The van der Waals surface area contributed by atoms with E-state index in [4.69, 9.17) is 4.74 Å². The lowest BCUT2D eigenvalue weighted by Crippen LogP contribution is -2.58. The van der Waals surface area contributed by atoms with Crippen LogP contribution in [-0.4, -0.2) is 65.4 Å². The third-order valence-electron chi connectivity index (χ3n) is 5.34. The second-order valence-corrected chi connectivity index (χ2v) is 7.12. The highest BCUT2D eigenvalue weighted by Crippen LogP contribution is 2.28. The SMILES string of the molecule is CC(C)N1CCN([C@H]2CCC[C@@H](Oc3ccccc3)[C@@H]2O)CC1. The molecule has 3 atom stereocenters. The molecule has 1 aliphatic heterocycles. The maximum atomic E-state index is 10.8. The molecule has 1 heterocycles. The zero-order chi connectivity index (χ0) is 16.2. The van der Waals surface area contributed by atoms with E-state index in [1.807, 2.05) is 30.3 Å². The van der Waals surface area contributed by atoms with Crippen molar-refractivity contribution in [1.29, 1.82) is 0 Å². The van der Waals surface area contributed by atoms with Gasteiger partial charge >= 0.3 is 0 Å². The molecule has 0 unspecified atom stereocenters. The van der Waals surface area contributed by atoms with Crippen LogP contribution in [0.5, 0.6) is 5.75 Å². The van der Waals surface area contributed by atoms with E-state index in [1.54, 1.807) is 0 Å². The van der Waals surface area contributed by atoms with Crippen LogP contribution in [0, 0.1) is 0 Å². The van der Waals surface area contributed by atoms with Crippen molar-refractivity contribution in [3.63, 3.8) is 0 Å². The van der Waals surface area contributed by atoms with Crippen molar-refractivity contribution in [2.45, 2.75) is 57.4 Å². The van der Waals surface area contributed by atoms with Crippen LogP contribution >= 0.6 is 0 Å². The van der Waals surface area contributed by atoms with Gasteiger partial charge in [0.25, 0.3) is 0 Å². The standard InChI is InChI=1S/C19H30N2O2/c1-15(2)20-11-13-21(14-12-20)17-9-6-10-18(19(17)22)23-16-7-4-3-5-8-16/h3-5,7-8,15,17-19,22H,6,9-14H2,1-2H3/t17-,18+,19+/m0/s1. The number of piperazine rings is 1. The Morgan fingerprint density at radius 3 is 2.39 bits per heavy atom. The Balaban J connectivity index is 1.58. The fraction of sp³-hybridized carbons (Fsp3) is 0.684. The second-order valence-electron chi connectivity index (χ2n) is 7.12. The van der Waals surface area contributed by atoms with E-state index in [2.05, 4.69) is 23.6 Å². The fourth-order valence-corrected chi connectivity index (χ4v) is 3.90. The van der Waals surface area contributed by atoms with Gasteiger partial charge in [-0.2, -0.15) is 0 Å². The first-order valence-electron chi connectivity index (χ1n) is 9.03. The van der Waals surface area contributed by atoms with Gasteiger partial charge in [0, 0.05) is 38.3 Å². The molecule has 1 N–H and O–H groups in total. The molecule has 23 heavy (non-hydrogen) atoms. The summed E-state index contributed by atoms with van der Waals surface area (Å²) in [5.74, 6) is 0.863. The van der Waals surface area contributed by atoms with Crippen molar-refractivity contribution in [3.05, 3.63) is 30.3 Å². The second kappa shape index (κ2) is 7.65. The Kier molecular flexibility index (Phi) is 5.57. The number of benzene rings is 1. The van der Waals surface area contributed by atoms with Crippen LogP contribution in [0.25, 0.3) is 0 Å². The lowest BCUT2D eigenvalue weighted by atomic mass is 9.88. The summed E-state index contributed by atoms with van der Waals surface area (Å²) in [5.41, 5.74) is 0. The third-order valence-corrected chi connectivity index (χ3v) is 5.34. The number of ether oxygens (including phenoxy) is 1. The monoisotopic (exact) mass is 318 g/mol. The van der Waals surface area contributed by atoms with Gasteiger partial charge in [0.05, 0.1) is 0 Å². The molecule has 0 amide bonds. The molecule has 2 fully saturated rings. The Hall–Kier alpha value is -1.10. The van der Waals surface area contributed by atoms with E-state index in [0.29, 0.717) is 6.04 Å². The zero-order valence-corrected chi connectivity index (χ0v) is 14.4. The topological polar surface area (TPSA) is 35.9 Å². The van der Waals surface area contributed by atoms with Crippen LogP contribution in [-0.2, 0) is 0 Å². The van der Waals surface area contributed by atoms with Crippen LogP contribution in [0.3, 0.4) is 0 Å². The highest BCUT2D eigenvalue weighted by Gasteiger charge is 2.37. The van der Waals surface area contributed by atoms with E-state index in [1.165, 1.54) is 0 Å². The maximum Gasteiger partial charge on any atom is 0.126 e. The van der Waals surface area contributed by atoms with Gasteiger partial charge in [-0.15, -0.1) is 0 Å². The van der Waals surface area contributed by atoms with Gasteiger partial charge in [-0.3, -0.25) is 9.80 Å². The molecule has 0 radical (unpaired) electrons. The van der Waals surface area contributed by atoms with Crippen LogP contribution in [0.15, 0.2) is 30.3 Å². The van der Waals surface area contributed by atoms with Gasteiger partial charge in [-0.1, -0.05) is 18.2 Å². The van der Waals surface area contributed by atoms with E-state index < -0.39 is 6.10 Å². The normalized spacial score (nSPS) is 30.5. The minimum Gasteiger partial charge on any atom is -0.488 e. The van der Waals surface area contributed by atoms with Gasteiger partial charge in [-0.05, 0) is 45.2 Å². The largest absolute Gasteiger partial charge is 0.488 e. The lowest BCUT2D eigenvalue weighted by Gasteiger charge is -2.45. The van der Waals surface area contributed by atoms with E-state index in [0.717, 1.165) is 51.2 Å². The molecule has 1 saturated heterocycles. The Morgan fingerprint density at radius 2 is 1.74 bits per heavy atom. The zero-order valence-electron chi connectivity index (χ0n) is 14.4. The summed E-state index contributed by atoms with van der Waals surface area (Å²) in [5, 5.41) is 10.8. The maximum absolute atomic E-state index is 10.8. The molecular formula is C19H30N2O2. The number of para-hydroxylation sites is 1. The first kappa shape index (κ1) is 16.7. The molecule has 128 valence electrons. The molecule has 0 spiro atoms. The quantitative estimate of drug-likeness (QED) is 0.924. The van der Waals surface area contributed by atoms with Gasteiger partial charge in [0.1, 0.15) is 18.0 Å². The van der Waals surface area contributed by atoms with Crippen molar-refractivity contribution in [2.24, 2.45) is 0 Å². The summed E-state index contributed by atoms with van der Waals surface area (Å²) in [4.78, 5) is 4.99. The summed E-state index contributed by atoms with van der Waals surface area (Å²) in [6, 6.07) is 10.7. The van der Waals surface area contributed by atoms with Gasteiger partial charge in [-0.25, -0.2) is 0 Å². The smallest absolute Gasteiger partial charge is 0.126 e. The van der Waals surface area contributed by atoms with Gasteiger partial charge in [0.2, 0.25) is 0 Å². The molecule has 2 aliphatic rings. The van der Waals surface area contributed by atoms with Crippen LogP contribution in [0.4, 0.5) is 0 Å². The minimum atomic E-state index is -0.394. The van der Waals surface area contributed by atoms with Crippen molar-refractivity contribution in [2.75, 3.05) is 26.2 Å². The highest BCUT2D eigenvalue weighted by atomic mass is 16.5. The van der Waals surface area contributed by atoms with Crippen LogP contribution < -0.4 is 4.74 Å². The first-order valence-corrected chi connectivity index (χ1v) is 9.03. The third kappa shape index (κ3) is 4.06. The number of hydrogen-bond acceptors (Lipinski definition) is 4. The van der Waals surface area contributed by atoms with Crippen LogP contribution in [0.2, 0.25) is 0 Å². The molecule has 1 saturated carbocycles. The van der Waals surface area contributed by atoms with Crippen molar-refractivity contribution in [1.82, 2.24) is 9.80 Å². The summed E-state index contributed by atoms with van der Waals surface area (Å²) in [6.07, 6.45) is 2.67. The molecule has 0 bridgehead atoms. The number of aliphatic hydroxyl groups is 1. The number of aliphatic hydroxyl groups excluding tert-OH is 1. The van der Waals surface area contributed by atoms with E-state index in [-0.39, 0.29) is 12.1 Å². The first-order chi connectivity index (χ1) is 11.1. The molecule has 0 aromatic heterocycles. The highest BCUT2D eigenvalue weighted by molar-refractivity contribution is 5.21. The summed E-state index contributed by atoms with van der Waals surface area (Å²) >= 11 is 0. The summed E-state index contributed by atoms with van der Waals surface area (Å²) in [6.45, 7) is 8.83. The van der Waals surface area contributed by atoms with Crippen molar-refractivity contribution in [3.8, 4) is 5.75 Å². The number of rotatable bonds is 4. The minimum absolute atomic E-state index is 0.0840. The van der Waals surface area contributed by atoms with Crippen molar-refractivity contribution >= 4 is 0 Å². The Labute approximate surface area is 140 Å². The van der Waals surface area contributed by atoms with E-state index >= 15 is 0 Å². The lowest BCUT2D eigenvalue weighted by molar-refractivity contribution is -0.0649. The summed E-state index contributed by atoms with van der Waals surface area (Å²) in [7, 11) is 0. The number of hydrogen-bond donors (Lipinski definition) is 1. The molecule has 3 rings (SSSR count). The fourth-order valence-electron chi connectivity index (χ4n) is 3.90. The van der Waals surface area contributed by atoms with Gasteiger partial charge in [0.15, 0.2) is 0 Å². The molecule has 1 aliphatic carbocycles. The van der Waals surface area contributed by atoms with Crippen LogP contribution in [0.1, 0.15) is 33.1 Å².